The average molecular weight is 385 g/mol. The van der Waals surface area contributed by atoms with E-state index >= 15 is 0 Å². The lowest BCUT2D eigenvalue weighted by Gasteiger charge is -2.29. The van der Waals surface area contributed by atoms with E-state index in [2.05, 4.69) is 20.6 Å². The van der Waals surface area contributed by atoms with Gasteiger partial charge in [0.1, 0.15) is 5.82 Å². The first-order valence-corrected chi connectivity index (χ1v) is 9.79. The van der Waals surface area contributed by atoms with Crippen LogP contribution < -0.4 is 15.5 Å². The highest BCUT2D eigenvalue weighted by Gasteiger charge is 2.15. The highest BCUT2D eigenvalue weighted by Crippen LogP contribution is 2.21. The van der Waals surface area contributed by atoms with Crippen LogP contribution in [0, 0.1) is 5.82 Å². The molecule has 0 bridgehead atoms. The third-order valence-corrected chi connectivity index (χ3v) is 4.53. The number of guanidine groups is 1. The predicted octanol–water partition coefficient (Wildman–Crippen LogP) is 2.36. The molecule has 6 nitrogen and oxygen atoms in total. The van der Waals surface area contributed by atoms with Gasteiger partial charge < -0.3 is 20.3 Å². The molecule has 2 aromatic rings. The first kappa shape index (κ1) is 20.1. The van der Waals surface area contributed by atoms with Crippen molar-refractivity contribution in [2.24, 2.45) is 4.99 Å². The fraction of sp³-hybridized carbons (Fsp3) is 0.429. The van der Waals surface area contributed by atoms with Crippen LogP contribution in [0.15, 0.2) is 47.6 Å². The Hall–Kier alpha value is -2.67. The zero-order chi connectivity index (χ0) is 19.6. The SMILES string of the molecule is CCNC(=NCc1ccc(N2CCOCC2)c(F)c1)NCCc1ccccn1. The fourth-order valence-corrected chi connectivity index (χ4v) is 3.08. The van der Waals surface area contributed by atoms with Gasteiger partial charge in [0, 0.05) is 44.5 Å². The molecule has 0 aliphatic carbocycles. The molecule has 0 unspecified atom stereocenters. The number of nitrogens with one attached hydrogen (secondary N) is 2. The largest absolute Gasteiger partial charge is 0.378 e. The number of ether oxygens (including phenoxy) is 1. The number of aliphatic imine (C=N–C) groups is 1. The van der Waals surface area contributed by atoms with Gasteiger partial charge in [0.2, 0.25) is 0 Å². The van der Waals surface area contributed by atoms with Crippen molar-refractivity contribution in [2.75, 3.05) is 44.3 Å². The number of anilines is 1. The van der Waals surface area contributed by atoms with E-state index in [1.165, 1.54) is 0 Å². The zero-order valence-corrected chi connectivity index (χ0v) is 16.3. The van der Waals surface area contributed by atoms with Crippen LogP contribution in [0.3, 0.4) is 0 Å². The minimum atomic E-state index is -0.206. The van der Waals surface area contributed by atoms with E-state index in [-0.39, 0.29) is 5.82 Å². The zero-order valence-electron chi connectivity index (χ0n) is 16.3. The summed E-state index contributed by atoms with van der Waals surface area (Å²) < 4.78 is 19.9. The van der Waals surface area contributed by atoms with Crippen LogP contribution in [0.1, 0.15) is 18.2 Å². The molecule has 0 saturated carbocycles. The normalized spacial score (nSPS) is 14.8. The van der Waals surface area contributed by atoms with Gasteiger partial charge >= 0.3 is 0 Å². The molecule has 1 saturated heterocycles. The van der Waals surface area contributed by atoms with E-state index in [1.807, 2.05) is 42.2 Å². The average Bonchev–Trinajstić information content (AvgIpc) is 2.73. The van der Waals surface area contributed by atoms with Crippen molar-refractivity contribution in [2.45, 2.75) is 19.9 Å². The van der Waals surface area contributed by atoms with Crippen LogP contribution in [0.2, 0.25) is 0 Å². The molecule has 1 aromatic heterocycles. The predicted molar refractivity (Wildman–Crippen MR) is 110 cm³/mol. The minimum Gasteiger partial charge on any atom is -0.378 e. The lowest BCUT2D eigenvalue weighted by molar-refractivity contribution is 0.122. The summed E-state index contributed by atoms with van der Waals surface area (Å²) in [6, 6.07) is 11.3. The first-order valence-electron chi connectivity index (χ1n) is 9.79. The van der Waals surface area contributed by atoms with Crippen molar-refractivity contribution < 1.29 is 9.13 Å². The summed E-state index contributed by atoms with van der Waals surface area (Å²) in [4.78, 5) is 10.9. The molecule has 1 aromatic carbocycles. The van der Waals surface area contributed by atoms with Crippen LogP contribution >= 0.6 is 0 Å². The van der Waals surface area contributed by atoms with Crippen molar-refractivity contribution in [1.82, 2.24) is 15.6 Å². The Balaban J connectivity index is 1.56. The highest BCUT2D eigenvalue weighted by molar-refractivity contribution is 5.79. The number of nitrogens with zero attached hydrogens (tertiary/aromatic N) is 3. The highest BCUT2D eigenvalue weighted by atomic mass is 19.1. The number of benzene rings is 1. The molecule has 1 aliphatic heterocycles. The maximum absolute atomic E-state index is 14.5. The number of morpholine rings is 1. The Labute approximate surface area is 165 Å². The molecule has 2 heterocycles. The van der Waals surface area contributed by atoms with E-state index in [0.29, 0.717) is 25.4 Å². The number of halogens is 1. The summed E-state index contributed by atoms with van der Waals surface area (Å²) in [6.45, 7) is 6.65. The maximum Gasteiger partial charge on any atom is 0.191 e. The summed E-state index contributed by atoms with van der Waals surface area (Å²) in [5.41, 5.74) is 2.51. The molecule has 0 amide bonds. The van der Waals surface area contributed by atoms with E-state index < -0.39 is 0 Å². The van der Waals surface area contributed by atoms with Gasteiger partial charge in [0.05, 0.1) is 25.4 Å². The maximum atomic E-state index is 14.5. The Kier molecular flexibility index (Phi) is 7.61. The second-order valence-electron chi connectivity index (χ2n) is 6.58. The van der Waals surface area contributed by atoms with E-state index in [0.717, 1.165) is 49.8 Å². The lowest BCUT2D eigenvalue weighted by atomic mass is 10.1. The quantitative estimate of drug-likeness (QED) is 0.566. The van der Waals surface area contributed by atoms with Crippen molar-refractivity contribution in [3.05, 3.63) is 59.7 Å². The molecule has 1 aliphatic rings. The van der Waals surface area contributed by atoms with Crippen LogP contribution in [0.5, 0.6) is 0 Å². The molecule has 0 spiro atoms. The number of pyridine rings is 1. The molecule has 3 rings (SSSR count). The van der Waals surface area contributed by atoms with E-state index in [9.17, 15) is 4.39 Å². The molecule has 0 radical (unpaired) electrons. The van der Waals surface area contributed by atoms with Crippen molar-refractivity contribution >= 4 is 11.6 Å². The van der Waals surface area contributed by atoms with Crippen LogP contribution in [0.4, 0.5) is 10.1 Å². The standard InChI is InChI=1S/C21H28FN5O/c1-2-23-21(25-10-8-18-5-3-4-9-24-18)26-16-17-6-7-20(19(22)15-17)27-11-13-28-14-12-27/h3-7,9,15H,2,8,10-14,16H2,1H3,(H2,23,25,26). The fourth-order valence-electron chi connectivity index (χ4n) is 3.08. The van der Waals surface area contributed by atoms with Crippen molar-refractivity contribution in [1.29, 1.82) is 0 Å². The molecule has 7 heteroatoms. The van der Waals surface area contributed by atoms with Crippen LogP contribution in [-0.4, -0.2) is 50.3 Å². The lowest BCUT2D eigenvalue weighted by Crippen LogP contribution is -2.38. The topological polar surface area (TPSA) is 61.8 Å². The van der Waals surface area contributed by atoms with Gasteiger partial charge in [-0.2, -0.15) is 0 Å². The van der Waals surface area contributed by atoms with Gasteiger partial charge in [0.15, 0.2) is 5.96 Å². The number of aromatic nitrogens is 1. The Morgan fingerprint density at radius 3 is 2.79 bits per heavy atom. The minimum absolute atomic E-state index is 0.206. The Morgan fingerprint density at radius 2 is 2.07 bits per heavy atom. The van der Waals surface area contributed by atoms with Gasteiger partial charge in [-0.05, 0) is 36.8 Å². The summed E-state index contributed by atoms with van der Waals surface area (Å²) in [7, 11) is 0. The second kappa shape index (κ2) is 10.6. The summed E-state index contributed by atoms with van der Waals surface area (Å²) in [5, 5.41) is 6.52. The molecule has 2 N–H and O–H groups in total. The monoisotopic (exact) mass is 385 g/mol. The summed E-state index contributed by atoms with van der Waals surface area (Å²) in [5.74, 6) is 0.513. The first-order chi connectivity index (χ1) is 13.8. The molecule has 1 fully saturated rings. The van der Waals surface area contributed by atoms with Crippen molar-refractivity contribution in [3.63, 3.8) is 0 Å². The summed E-state index contributed by atoms with van der Waals surface area (Å²) >= 11 is 0. The second-order valence-corrected chi connectivity index (χ2v) is 6.58. The van der Waals surface area contributed by atoms with Crippen molar-refractivity contribution in [3.8, 4) is 0 Å². The number of rotatable bonds is 7. The van der Waals surface area contributed by atoms with Gasteiger partial charge in [0.25, 0.3) is 0 Å². The van der Waals surface area contributed by atoms with Gasteiger partial charge in [-0.25, -0.2) is 9.38 Å². The third kappa shape index (κ3) is 5.92. The van der Waals surface area contributed by atoms with Gasteiger partial charge in [-0.15, -0.1) is 0 Å². The Bertz CT molecular complexity index is 763. The van der Waals surface area contributed by atoms with Crippen LogP contribution in [0.25, 0.3) is 0 Å². The third-order valence-electron chi connectivity index (χ3n) is 4.53. The number of hydrogen-bond acceptors (Lipinski definition) is 4. The molecule has 0 atom stereocenters. The Morgan fingerprint density at radius 1 is 1.21 bits per heavy atom. The van der Waals surface area contributed by atoms with E-state index in [4.69, 9.17) is 4.74 Å². The molecule has 28 heavy (non-hydrogen) atoms. The van der Waals surface area contributed by atoms with Gasteiger partial charge in [-0.3, -0.25) is 4.98 Å². The van der Waals surface area contributed by atoms with Gasteiger partial charge in [-0.1, -0.05) is 12.1 Å². The molecular formula is C21H28FN5O. The smallest absolute Gasteiger partial charge is 0.191 e. The van der Waals surface area contributed by atoms with Crippen LogP contribution in [-0.2, 0) is 17.7 Å². The van der Waals surface area contributed by atoms with E-state index in [1.54, 1.807) is 12.3 Å². The molecular weight excluding hydrogens is 357 g/mol. The summed E-state index contributed by atoms with van der Waals surface area (Å²) in [6.07, 6.45) is 2.61. The number of hydrogen-bond donors (Lipinski definition) is 2. The molecule has 150 valence electrons.